The Bertz CT molecular complexity index is 547. The minimum Gasteiger partial charge on any atom is -0.489 e. The molecule has 1 fully saturated rings. The van der Waals surface area contributed by atoms with E-state index in [0.29, 0.717) is 12.7 Å². The zero-order valence-electron chi connectivity index (χ0n) is 12.7. The molecule has 22 heavy (non-hydrogen) atoms. The molecular weight excluding hydrogens is 276 g/mol. The van der Waals surface area contributed by atoms with Crippen molar-refractivity contribution in [3.8, 4) is 5.75 Å². The molecule has 0 bridgehead atoms. The molecule has 0 radical (unpaired) electrons. The van der Waals surface area contributed by atoms with Crippen molar-refractivity contribution in [3.63, 3.8) is 0 Å². The molecule has 1 aliphatic rings. The SMILES string of the molecule is c1ccc(COc2ccc(CCCOC[C@@H]3CO3)cc2)cc1. The Hall–Kier alpha value is -1.84. The monoisotopic (exact) mass is 298 g/mol. The number of aryl methyl sites for hydroxylation is 1. The van der Waals surface area contributed by atoms with Crippen molar-refractivity contribution < 1.29 is 14.2 Å². The molecular formula is C19H22O3. The first kappa shape index (κ1) is 15.1. The third-order valence-electron chi connectivity index (χ3n) is 3.63. The molecule has 1 saturated heterocycles. The Morgan fingerprint density at radius 1 is 0.955 bits per heavy atom. The van der Waals surface area contributed by atoms with Gasteiger partial charge in [-0.15, -0.1) is 0 Å². The fourth-order valence-corrected chi connectivity index (χ4v) is 2.25. The van der Waals surface area contributed by atoms with Crippen LogP contribution in [0, 0.1) is 0 Å². The molecule has 0 unspecified atom stereocenters. The Kier molecular flexibility index (Phi) is 5.46. The predicted molar refractivity (Wildman–Crippen MR) is 86.1 cm³/mol. The van der Waals surface area contributed by atoms with Crippen molar-refractivity contribution in [1.29, 1.82) is 0 Å². The van der Waals surface area contributed by atoms with Crippen LogP contribution in [0.1, 0.15) is 17.5 Å². The fraction of sp³-hybridized carbons (Fsp3) is 0.368. The molecule has 3 nitrogen and oxygen atoms in total. The van der Waals surface area contributed by atoms with E-state index in [1.165, 1.54) is 11.1 Å². The van der Waals surface area contributed by atoms with Gasteiger partial charge in [0, 0.05) is 6.61 Å². The summed E-state index contributed by atoms with van der Waals surface area (Å²) in [5.74, 6) is 0.912. The van der Waals surface area contributed by atoms with E-state index in [-0.39, 0.29) is 0 Å². The summed E-state index contributed by atoms with van der Waals surface area (Å²) in [7, 11) is 0. The molecule has 3 heteroatoms. The van der Waals surface area contributed by atoms with Crippen molar-refractivity contribution in [2.45, 2.75) is 25.6 Å². The highest BCUT2D eigenvalue weighted by atomic mass is 16.6. The minimum absolute atomic E-state index is 0.362. The molecule has 0 spiro atoms. The van der Waals surface area contributed by atoms with E-state index in [1.807, 2.05) is 30.3 Å². The second-order valence-corrected chi connectivity index (χ2v) is 5.55. The number of rotatable bonds is 9. The zero-order valence-corrected chi connectivity index (χ0v) is 12.7. The van der Waals surface area contributed by atoms with Crippen LogP contribution >= 0.6 is 0 Å². The topological polar surface area (TPSA) is 31.0 Å². The van der Waals surface area contributed by atoms with Crippen LogP contribution in [0.5, 0.6) is 5.75 Å². The molecule has 0 aromatic heterocycles. The van der Waals surface area contributed by atoms with Gasteiger partial charge in [0.25, 0.3) is 0 Å². The predicted octanol–water partition coefficient (Wildman–Crippen LogP) is 3.61. The van der Waals surface area contributed by atoms with Gasteiger partial charge in [-0.2, -0.15) is 0 Å². The Balaban J connectivity index is 1.36. The summed E-state index contributed by atoms with van der Waals surface area (Å²) in [4.78, 5) is 0. The Morgan fingerprint density at radius 2 is 1.73 bits per heavy atom. The lowest BCUT2D eigenvalue weighted by Crippen LogP contribution is -2.03. The van der Waals surface area contributed by atoms with Crippen LogP contribution in [0.2, 0.25) is 0 Å². The van der Waals surface area contributed by atoms with Crippen molar-refractivity contribution in [1.82, 2.24) is 0 Å². The minimum atomic E-state index is 0.362. The molecule has 2 aromatic carbocycles. The molecule has 1 atom stereocenters. The lowest BCUT2D eigenvalue weighted by Gasteiger charge is -2.07. The van der Waals surface area contributed by atoms with Gasteiger partial charge in [0.05, 0.1) is 13.2 Å². The first-order valence-electron chi connectivity index (χ1n) is 7.85. The van der Waals surface area contributed by atoms with Gasteiger partial charge < -0.3 is 14.2 Å². The smallest absolute Gasteiger partial charge is 0.119 e. The number of epoxide rings is 1. The van der Waals surface area contributed by atoms with Gasteiger partial charge in [0.2, 0.25) is 0 Å². The molecule has 0 amide bonds. The Morgan fingerprint density at radius 3 is 2.45 bits per heavy atom. The third kappa shape index (κ3) is 5.17. The summed E-state index contributed by atoms with van der Waals surface area (Å²) in [6, 6.07) is 18.5. The molecule has 1 aliphatic heterocycles. The quantitative estimate of drug-likeness (QED) is 0.523. The number of hydrogen-bond donors (Lipinski definition) is 0. The van der Waals surface area contributed by atoms with Gasteiger partial charge in [-0.25, -0.2) is 0 Å². The van der Waals surface area contributed by atoms with Gasteiger partial charge in [0.1, 0.15) is 18.5 Å². The summed E-state index contributed by atoms with van der Waals surface area (Å²) in [6.45, 7) is 3.01. The lowest BCUT2D eigenvalue weighted by molar-refractivity contribution is 0.114. The van der Waals surface area contributed by atoms with Gasteiger partial charge in [0.15, 0.2) is 0 Å². The molecule has 3 rings (SSSR count). The van der Waals surface area contributed by atoms with Crippen LogP contribution in [-0.2, 0) is 22.5 Å². The molecule has 2 aromatic rings. The highest BCUT2D eigenvalue weighted by Gasteiger charge is 2.21. The maximum Gasteiger partial charge on any atom is 0.119 e. The Labute approximate surface area is 131 Å². The fourth-order valence-electron chi connectivity index (χ4n) is 2.25. The molecule has 0 N–H and O–H groups in total. The van der Waals surface area contributed by atoms with E-state index in [4.69, 9.17) is 14.2 Å². The summed E-state index contributed by atoms with van der Waals surface area (Å²) in [5, 5.41) is 0. The van der Waals surface area contributed by atoms with Crippen LogP contribution in [0.25, 0.3) is 0 Å². The first-order chi connectivity index (χ1) is 10.9. The van der Waals surface area contributed by atoms with E-state index in [1.54, 1.807) is 0 Å². The van der Waals surface area contributed by atoms with E-state index in [0.717, 1.165) is 38.4 Å². The van der Waals surface area contributed by atoms with Crippen LogP contribution in [-0.4, -0.2) is 25.9 Å². The van der Waals surface area contributed by atoms with E-state index >= 15 is 0 Å². The average molecular weight is 298 g/mol. The van der Waals surface area contributed by atoms with Crippen molar-refractivity contribution >= 4 is 0 Å². The van der Waals surface area contributed by atoms with E-state index in [2.05, 4.69) is 24.3 Å². The standard InChI is InChI=1S/C19H22O3/c1-2-5-17(6-3-1)13-21-18-10-8-16(9-11-18)7-4-12-20-14-19-15-22-19/h1-3,5-6,8-11,19H,4,7,12-15H2/t19-/m1/s1. The molecule has 0 saturated carbocycles. The average Bonchev–Trinajstić information content (AvgIpc) is 3.39. The maximum absolute atomic E-state index is 5.78. The normalized spacial score (nSPS) is 16.5. The second-order valence-electron chi connectivity index (χ2n) is 5.55. The van der Waals surface area contributed by atoms with Gasteiger partial charge in [-0.3, -0.25) is 0 Å². The third-order valence-corrected chi connectivity index (χ3v) is 3.63. The molecule has 116 valence electrons. The number of hydrogen-bond acceptors (Lipinski definition) is 3. The van der Waals surface area contributed by atoms with E-state index in [9.17, 15) is 0 Å². The number of benzene rings is 2. The summed E-state index contributed by atoms with van der Waals surface area (Å²) in [6.07, 6.45) is 2.43. The second kappa shape index (κ2) is 7.97. The van der Waals surface area contributed by atoms with Gasteiger partial charge in [-0.1, -0.05) is 42.5 Å². The summed E-state index contributed by atoms with van der Waals surface area (Å²) < 4.78 is 16.4. The first-order valence-corrected chi connectivity index (χ1v) is 7.85. The van der Waals surface area contributed by atoms with E-state index < -0.39 is 0 Å². The van der Waals surface area contributed by atoms with Crippen LogP contribution < -0.4 is 4.74 Å². The maximum atomic E-state index is 5.78. The highest BCUT2D eigenvalue weighted by Crippen LogP contribution is 2.15. The van der Waals surface area contributed by atoms with Crippen molar-refractivity contribution in [2.75, 3.05) is 19.8 Å². The lowest BCUT2D eigenvalue weighted by atomic mass is 10.1. The summed E-state index contributed by atoms with van der Waals surface area (Å²) in [5.41, 5.74) is 2.50. The molecule has 1 heterocycles. The largest absolute Gasteiger partial charge is 0.489 e. The van der Waals surface area contributed by atoms with Crippen LogP contribution in [0.4, 0.5) is 0 Å². The highest BCUT2D eigenvalue weighted by molar-refractivity contribution is 5.27. The van der Waals surface area contributed by atoms with Crippen LogP contribution in [0.3, 0.4) is 0 Å². The number of ether oxygens (including phenoxy) is 3. The van der Waals surface area contributed by atoms with Crippen molar-refractivity contribution in [3.05, 3.63) is 65.7 Å². The van der Waals surface area contributed by atoms with Gasteiger partial charge in [-0.05, 0) is 36.1 Å². The molecule has 0 aliphatic carbocycles. The zero-order chi connectivity index (χ0) is 15.0. The van der Waals surface area contributed by atoms with Crippen molar-refractivity contribution in [2.24, 2.45) is 0 Å². The van der Waals surface area contributed by atoms with Gasteiger partial charge >= 0.3 is 0 Å². The summed E-state index contributed by atoms with van der Waals surface area (Å²) >= 11 is 0. The van der Waals surface area contributed by atoms with Crippen LogP contribution in [0.15, 0.2) is 54.6 Å².